The molecule has 3 N–H and O–H groups in total. The van der Waals surface area contributed by atoms with Crippen molar-refractivity contribution < 1.29 is 27.6 Å². The van der Waals surface area contributed by atoms with Crippen molar-refractivity contribution in [1.82, 2.24) is 5.32 Å². The molecule has 5 aromatic carbocycles. The lowest BCUT2D eigenvalue weighted by atomic mass is 10.1. The second kappa shape index (κ2) is 15.1. The van der Waals surface area contributed by atoms with E-state index in [1.54, 1.807) is 103 Å². The van der Waals surface area contributed by atoms with Crippen LogP contribution in [0.3, 0.4) is 0 Å². The number of carbonyl (C=O) groups excluding carboxylic acids is 3. The first-order valence-corrected chi connectivity index (χ1v) is 15.3. The van der Waals surface area contributed by atoms with E-state index in [4.69, 9.17) is 0 Å². The molecule has 1 unspecified atom stereocenters. The van der Waals surface area contributed by atoms with Crippen LogP contribution in [-0.2, 0) is 15.8 Å². The summed E-state index contributed by atoms with van der Waals surface area (Å²) in [5.41, 5.74) is 0.881. The predicted molar refractivity (Wildman–Crippen MR) is 179 cm³/mol. The lowest BCUT2D eigenvalue weighted by molar-refractivity contribution is -0.137. The highest BCUT2D eigenvalue weighted by Crippen LogP contribution is 2.39. The van der Waals surface area contributed by atoms with E-state index in [0.29, 0.717) is 27.3 Å². The molecule has 0 aromatic heterocycles. The van der Waals surface area contributed by atoms with Gasteiger partial charge in [-0.2, -0.15) is 13.2 Å². The van der Waals surface area contributed by atoms with Crippen LogP contribution in [0.4, 0.5) is 24.5 Å². The Morgan fingerprint density at radius 2 is 1.23 bits per heavy atom. The molecule has 0 aliphatic heterocycles. The third-order valence-electron chi connectivity index (χ3n) is 6.84. The molecular weight excluding hydrogens is 623 g/mol. The van der Waals surface area contributed by atoms with Crippen LogP contribution in [0.1, 0.15) is 32.3 Å². The van der Waals surface area contributed by atoms with Crippen molar-refractivity contribution in [3.8, 4) is 0 Å². The van der Waals surface area contributed by atoms with Gasteiger partial charge >= 0.3 is 6.18 Å². The number of benzene rings is 5. The number of nitrogens with one attached hydrogen (secondary N) is 3. The number of halogens is 3. The molecule has 0 radical (unpaired) electrons. The fourth-order valence-electron chi connectivity index (χ4n) is 4.55. The number of alkyl halides is 3. The second-order valence-corrected chi connectivity index (χ2v) is 11.4. The maximum atomic E-state index is 13.6. The van der Waals surface area contributed by atoms with Gasteiger partial charge in [-0.1, -0.05) is 91.0 Å². The maximum absolute atomic E-state index is 13.6. The second-order valence-electron chi connectivity index (χ2n) is 10.2. The molecule has 0 spiro atoms. The van der Waals surface area contributed by atoms with E-state index >= 15 is 0 Å². The van der Waals surface area contributed by atoms with Crippen LogP contribution in [0.5, 0.6) is 0 Å². The van der Waals surface area contributed by atoms with E-state index in [2.05, 4.69) is 16.0 Å². The van der Waals surface area contributed by atoms with Gasteiger partial charge in [0, 0.05) is 16.1 Å². The molecule has 0 heterocycles. The summed E-state index contributed by atoms with van der Waals surface area (Å²) < 4.78 is 40.8. The predicted octanol–water partition coefficient (Wildman–Crippen LogP) is 8.59. The minimum Gasteiger partial charge on any atom is -0.324 e. The molecule has 3 amide bonds. The molecule has 0 aliphatic rings. The first kappa shape index (κ1) is 32.8. The smallest absolute Gasteiger partial charge is 0.324 e. The molecule has 6 nitrogen and oxygen atoms in total. The van der Waals surface area contributed by atoms with Crippen LogP contribution in [0.25, 0.3) is 6.08 Å². The molecule has 0 fully saturated rings. The Labute approximate surface area is 273 Å². The van der Waals surface area contributed by atoms with Crippen LogP contribution >= 0.6 is 11.8 Å². The number of hydrogen-bond acceptors (Lipinski definition) is 4. The van der Waals surface area contributed by atoms with Crippen molar-refractivity contribution in [2.24, 2.45) is 0 Å². The summed E-state index contributed by atoms with van der Waals surface area (Å²) in [7, 11) is 0. The molecule has 47 heavy (non-hydrogen) atoms. The highest BCUT2D eigenvalue weighted by atomic mass is 32.2. The van der Waals surface area contributed by atoms with Gasteiger partial charge in [-0.25, -0.2) is 0 Å². The Bertz CT molecular complexity index is 1870. The average molecular weight is 652 g/mol. The zero-order valence-corrected chi connectivity index (χ0v) is 25.5. The van der Waals surface area contributed by atoms with E-state index in [1.807, 2.05) is 18.2 Å². The van der Waals surface area contributed by atoms with Crippen LogP contribution in [-0.4, -0.2) is 17.7 Å². The van der Waals surface area contributed by atoms with E-state index < -0.39 is 34.7 Å². The lowest BCUT2D eigenvalue weighted by Crippen LogP contribution is -2.30. The van der Waals surface area contributed by atoms with E-state index in [0.717, 1.165) is 17.8 Å². The fraction of sp³-hybridized carbons (Fsp3) is 0.0541. The average Bonchev–Trinajstić information content (AvgIpc) is 3.08. The van der Waals surface area contributed by atoms with Crippen LogP contribution in [0, 0.1) is 0 Å². The molecule has 5 aromatic rings. The van der Waals surface area contributed by atoms with E-state index in [-0.39, 0.29) is 11.4 Å². The number of thioether (sulfide) groups is 1. The molecule has 10 heteroatoms. The van der Waals surface area contributed by atoms with Gasteiger partial charge in [-0.05, 0) is 65.7 Å². The third-order valence-corrected chi connectivity index (χ3v) is 8.10. The van der Waals surface area contributed by atoms with Crippen LogP contribution in [0.2, 0.25) is 0 Å². The topological polar surface area (TPSA) is 87.3 Å². The van der Waals surface area contributed by atoms with Gasteiger partial charge in [0.1, 0.15) is 10.9 Å². The number of carbonyl (C=O) groups is 3. The quantitative estimate of drug-likeness (QED) is 0.104. The molecule has 0 saturated carbocycles. The zero-order chi connectivity index (χ0) is 33.2. The van der Waals surface area contributed by atoms with Gasteiger partial charge in [0.15, 0.2) is 0 Å². The maximum Gasteiger partial charge on any atom is 0.418 e. The molecule has 0 bridgehead atoms. The summed E-state index contributed by atoms with van der Waals surface area (Å²) >= 11 is 1.15. The molecule has 0 aliphatic carbocycles. The Balaban J connectivity index is 1.33. The minimum atomic E-state index is -4.64. The molecule has 5 rings (SSSR count). The first-order valence-electron chi connectivity index (χ1n) is 14.4. The third kappa shape index (κ3) is 8.99. The minimum absolute atomic E-state index is 0.0310. The summed E-state index contributed by atoms with van der Waals surface area (Å²) in [6.45, 7) is 0. The van der Waals surface area contributed by atoms with Gasteiger partial charge in [0.05, 0.1) is 11.3 Å². The largest absolute Gasteiger partial charge is 0.418 e. The van der Waals surface area contributed by atoms with Gasteiger partial charge in [0.25, 0.3) is 11.8 Å². The summed E-state index contributed by atoms with van der Waals surface area (Å²) in [4.78, 5) is 40.3. The van der Waals surface area contributed by atoms with Crippen molar-refractivity contribution in [2.45, 2.75) is 16.3 Å². The summed E-state index contributed by atoms with van der Waals surface area (Å²) in [6.07, 6.45) is -3.07. The molecule has 236 valence electrons. The Morgan fingerprint density at radius 1 is 0.660 bits per heavy atom. The number of para-hydroxylation sites is 1. The van der Waals surface area contributed by atoms with Gasteiger partial charge in [-0.3, -0.25) is 14.4 Å². The fourth-order valence-corrected chi connectivity index (χ4v) is 5.57. The van der Waals surface area contributed by atoms with E-state index in [1.165, 1.54) is 18.2 Å². The van der Waals surface area contributed by atoms with E-state index in [9.17, 15) is 27.6 Å². The normalized spacial score (nSPS) is 12.1. The SMILES string of the molecule is O=C(Nc1ccc(SC(C(=O)Nc2ccccc2C(F)(F)F)c2ccccc2)cc1)/C(=C/c1ccccc1)NC(=O)c1ccccc1. The molecule has 1 atom stereocenters. The van der Waals surface area contributed by atoms with Crippen molar-refractivity contribution in [3.05, 3.63) is 167 Å². The highest BCUT2D eigenvalue weighted by molar-refractivity contribution is 8.00. The van der Waals surface area contributed by atoms with Crippen molar-refractivity contribution in [3.63, 3.8) is 0 Å². The van der Waals surface area contributed by atoms with Gasteiger partial charge < -0.3 is 16.0 Å². The number of rotatable bonds is 10. The number of hydrogen-bond donors (Lipinski definition) is 3. The Hall–Kier alpha value is -5.61. The van der Waals surface area contributed by atoms with Gasteiger partial charge in [-0.15, -0.1) is 11.8 Å². The molecule has 0 saturated heterocycles. The summed E-state index contributed by atoms with van der Waals surface area (Å²) in [6, 6.07) is 37.8. The van der Waals surface area contributed by atoms with Gasteiger partial charge in [0.2, 0.25) is 5.91 Å². The first-order chi connectivity index (χ1) is 22.7. The summed E-state index contributed by atoms with van der Waals surface area (Å²) in [5.74, 6) is -1.62. The van der Waals surface area contributed by atoms with Crippen molar-refractivity contribution >= 4 is 46.9 Å². The van der Waals surface area contributed by atoms with Crippen molar-refractivity contribution in [1.29, 1.82) is 0 Å². The standard InChI is InChI=1S/C37H28F3N3O3S/c38-37(39,40)30-18-10-11-19-31(30)42-36(46)33(26-14-6-2-7-15-26)47-29-22-20-28(21-23-29)41-35(45)32(24-25-12-4-1-5-13-25)43-34(44)27-16-8-3-9-17-27/h1-24,33H,(H,41,45)(H,42,46)(H,43,44)/b32-24-. The molecular formula is C37H28F3N3O3S. The summed E-state index contributed by atoms with van der Waals surface area (Å²) in [5, 5.41) is 7.06. The zero-order valence-electron chi connectivity index (χ0n) is 24.7. The lowest BCUT2D eigenvalue weighted by Gasteiger charge is -2.19. The number of anilines is 2. The van der Waals surface area contributed by atoms with Crippen LogP contribution < -0.4 is 16.0 Å². The monoisotopic (exact) mass is 651 g/mol. The Kier molecular flexibility index (Phi) is 10.5. The Morgan fingerprint density at radius 3 is 1.87 bits per heavy atom. The van der Waals surface area contributed by atoms with Crippen molar-refractivity contribution in [2.75, 3.05) is 10.6 Å². The highest BCUT2D eigenvalue weighted by Gasteiger charge is 2.34. The van der Waals surface area contributed by atoms with Crippen LogP contribution in [0.15, 0.2) is 150 Å². The number of amides is 3.